The minimum Gasteiger partial charge on any atom is -0.361 e. The molecule has 2 unspecified atom stereocenters. The van der Waals surface area contributed by atoms with E-state index < -0.39 is 5.92 Å². The Morgan fingerprint density at radius 1 is 1.56 bits per heavy atom. The second-order valence-corrected chi connectivity index (χ2v) is 4.44. The second kappa shape index (κ2) is 6.20. The summed E-state index contributed by atoms with van der Waals surface area (Å²) in [6, 6.07) is 1.83. The first kappa shape index (κ1) is 14.2. The Balaban J connectivity index is 2.74. The van der Waals surface area contributed by atoms with Crippen LogP contribution in [-0.2, 0) is 4.79 Å². The first-order valence-electron chi connectivity index (χ1n) is 6.14. The lowest BCUT2D eigenvalue weighted by Crippen LogP contribution is -2.32. The van der Waals surface area contributed by atoms with Crippen LogP contribution in [0, 0.1) is 31.1 Å². The fraction of sp³-hybridized carbons (Fsp3) is 0.615. The van der Waals surface area contributed by atoms with Crippen molar-refractivity contribution in [3.05, 3.63) is 17.0 Å². The van der Waals surface area contributed by atoms with Gasteiger partial charge in [-0.1, -0.05) is 18.5 Å². The van der Waals surface area contributed by atoms with Crippen molar-refractivity contribution in [1.82, 2.24) is 10.5 Å². The summed E-state index contributed by atoms with van der Waals surface area (Å²) in [4.78, 5) is 11.9. The maximum absolute atomic E-state index is 11.9. The van der Waals surface area contributed by atoms with Gasteiger partial charge in [0.2, 0.25) is 5.91 Å². The summed E-state index contributed by atoms with van der Waals surface area (Å²) in [7, 11) is 0. The van der Waals surface area contributed by atoms with E-state index in [4.69, 9.17) is 9.78 Å². The molecule has 0 fully saturated rings. The number of amides is 1. The zero-order chi connectivity index (χ0) is 13.7. The topological polar surface area (TPSA) is 78.9 Å². The van der Waals surface area contributed by atoms with Crippen molar-refractivity contribution >= 4 is 5.91 Å². The lowest BCUT2D eigenvalue weighted by atomic mass is 10.0. The van der Waals surface area contributed by atoms with Gasteiger partial charge in [-0.2, -0.15) is 5.26 Å². The number of nitrogens with zero attached hydrogens (tertiary/aromatic N) is 2. The first-order valence-corrected chi connectivity index (χ1v) is 6.14. The summed E-state index contributed by atoms with van der Waals surface area (Å²) in [5.74, 6) is -0.117. The van der Waals surface area contributed by atoms with E-state index >= 15 is 0 Å². The van der Waals surface area contributed by atoms with Gasteiger partial charge in [0.05, 0.1) is 17.8 Å². The molecule has 0 aliphatic carbocycles. The van der Waals surface area contributed by atoms with E-state index in [-0.39, 0.29) is 11.9 Å². The van der Waals surface area contributed by atoms with Crippen LogP contribution in [0.5, 0.6) is 0 Å². The van der Waals surface area contributed by atoms with Gasteiger partial charge in [0.15, 0.2) is 0 Å². The van der Waals surface area contributed by atoms with Gasteiger partial charge in [-0.05, 0) is 27.2 Å². The summed E-state index contributed by atoms with van der Waals surface area (Å²) in [5, 5.41) is 15.6. The predicted octanol–water partition coefficient (Wildman–Crippen LogP) is 2.41. The van der Waals surface area contributed by atoms with Crippen LogP contribution in [0.1, 0.15) is 49.7 Å². The number of hydrogen-bond donors (Lipinski definition) is 1. The van der Waals surface area contributed by atoms with Crippen molar-refractivity contribution in [2.75, 3.05) is 0 Å². The normalized spacial score (nSPS) is 13.7. The predicted molar refractivity (Wildman–Crippen MR) is 66.5 cm³/mol. The maximum atomic E-state index is 11.9. The Bertz CT molecular complexity index is 440. The Hall–Kier alpha value is -1.83. The molecule has 1 rings (SSSR count). The Kier molecular flexibility index (Phi) is 4.90. The fourth-order valence-electron chi connectivity index (χ4n) is 2.04. The number of hydrogen-bond acceptors (Lipinski definition) is 4. The van der Waals surface area contributed by atoms with Crippen LogP contribution in [0.15, 0.2) is 4.52 Å². The Labute approximate surface area is 107 Å². The molecule has 0 saturated heterocycles. The quantitative estimate of drug-likeness (QED) is 0.869. The smallest absolute Gasteiger partial charge is 0.237 e. The highest BCUT2D eigenvalue weighted by Crippen LogP contribution is 2.21. The number of aryl methyl sites for hydroxylation is 2. The lowest BCUT2D eigenvalue weighted by Gasteiger charge is -2.15. The minimum atomic E-state index is -0.585. The maximum Gasteiger partial charge on any atom is 0.237 e. The summed E-state index contributed by atoms with van der Waals surface area (Å²) in [6.45, 7) is 7.47. The van der Waals surface area contributed by atoms with Crippen LogP contribution in [0.25, 0.3) is 0 Å². The van der Waals surface area contributed by atoms with Crippen molar-refractivity contribution in [2.45, 2.75) is 46.6 Å². The van der Waals surface area contributed by atoms with E-state index in [2.05, 4.69) is 10.5 Å². The summed E-state index contributed by atoms with van der Waals surface area (Å²) >= 11 is 0. The van der Waals surface area contributed by atoms with Crippen molar-refractivity contribution < 1.29 is 9.32 Å². The van der Waals surface area contributed by atoms with Crippen molar-refractivity contribution in [3.63, 3.8) is 0 Å². The van der Waals surface area contributed by atoms with E-state index in [0.717, 1.165) is 17.7 Å². The van der Waals surface area contributed by atoms with Gasteiger partial charge in [0.25, 0.3) is 0 Å². The standard InChI is InChI=1S/C13H19N3O2/c1-5-6-11(7-14)13(17)15-8(2)12-9(3)16-18-10(12)4/h8,11H,5-6H2,1-4H3,(H,15,17). The summed E-state index contributed by atoms with van der Waals surface area (Å²) in [6.07, 6.45) is 1.39. The SMILES string of the molecule is CCCC(C#N)C(=O)NC(C)c1c(C)noc1C. The average molecular weight is 249 g/mol. The highest BCUT2D eigenvalue weighted by molar-refractivity contribution is 5.81. The molecule has 98 valence electrons. The molecule has 1 amide bonds. The second-order valence-electron chi connectivity index (χ2n) is 4.44. The van der Waals surface area contributed by atoms with Gasteiger partial charge >= 0.3 is 0 Å². The molecule has 2 atom stereocenters. The van der Waals surface area contributed by atoms with Crippen molar-refractivity contribution in [2.24, 2.45) is 5.92 Å². The molecule has 0 radical (unpaired) electrons. The van der Waals surface area contributed by atoms with Crippen LogP contribution in [-0.4, -0.2) is 11.1 Å². The van der Waals surface area contributed by atoms with Crippen molar-refractivity contribution in [3.8, 4) is 6.07 Å². The van der Waals surface area contributed by atoms with Crippen LogP contribution in [0.3, 0.4) is 0 Å². The van der Waals surface area contributed by atoms with Gasteiger partial charge in [-0.15, -0.1) is 0 Å². The van der Waals surface area contributed by atoms with Gasteiger partial charge in [-0.3, -0.25) is 4.79 Å². The van der Waals surface area contributed by atoms with E-state index in [0.29, 0.717) is 12.2 Å². The zero-order valence-electron chi connectivity index (χ0n) is 11.3. The third kappa shape index (κ3) is 3.10. The third-order valence-corrected chi connectivity index (χ3v) is 2.93. The Morgan fingerprint density at radius 2 is 2.22 bits per heavy atom. The first-order chi connectivity index (χ1) is 8.51. The summed E-state index contributed by atoms with van der Waals surface area (Å²) in [5.41, 5.74) is 1.65. The van der Waals surface area contributed by atoms with E-state index in [1.165, 1.54) is 0 Å². The highest BCUT2D eigenvalue weighted by Gasteiger charge is 2.22. The third-order valence-electron chi connectivity index (χ3n) is 2.93. The monoisotopic (exact) mass is 249 g/mol. The largest absolute Gasteiger partial charge is 0.361 e. The van der Waals surface area contributed by atoms with Crippen LogP contribution < -0.4 is 5.32 Å². The molecule has 5 nitrogen and oxygen atoms in total. The number of rotatable bonds is 5. The number of aromatic nitrogens is 1. The molecule has 1 aromatic heterocycles. The minimum absolute atomic E-state index is 0.198. The molecule has 5 heteroatoms. The van der Waals surface area contributed by atoms with Crippen molar-refractivity contribution in [1.29, 1.82) is 5.26 Å². The highest BCUT2D eigenvalue weighted by atomic mass is 16.5. The van der Waals surface area contributed by atoms with Crippen LogP contribution in [0.2, 0.25) is 0 Å². The Morgan fingerprint density at radius 3 is 2.67 bits per heavy atom. The lowest BCUT2D eigenvalue weighted by molar-refractivity contribution is -0.124. The molecule has 0 aliphatic heterocycles. The average Bonchev–Trinajstić information content (AvgIpc) is 2.65. The molecule has 0 saturated carbocycles. The molecule has 0 bridgehead atoms. The molecule has 0 aliphatic rings. The molecule has 0 aromatic carbocycles. The molecule has 0 spiro atoms. The summed E-state index contributed by atoms with van der Waals surface area (Å²) < 4.78 is 5.07. The number of carbonyl (C=O) groups excluding carboxylic acids is 1. The van der Waals surface area contributed by atoms with E-state index in [1.807, 2.05) is 33.8 Å². The fourth-order valence-corrected chi connectivity index (χ4v) is 2.04. The van der Waals surface area contributed by atoms with E-state index in [1.54, 1.807) is 0 Å². The zero-order valence-corrected chi connectivity index (χ0v) is 11.3. The van der Waals surface area contributed by atoms with Crippen LogP contribution in [0.4, 0.5) is 0 Å². The number of carbonyl (C=O) groups is 1. The molecule has 1 aromatic rings. The molecule has 1 heterocycles. The van der Waals surface area contributed by atoms with Gasteiger partial charge < -0.3 is 9.84 Å². The molecule has 1 N–H and O–H groups in total. The number of nitrogens with one attached hydrogen (secondary N) is 1. The number of nitriles is 1. The molecular weight excluding hydrogens is 230 g/mol. The van der Waals surface area contributed by atoms with Crippen LogP contribution >= 0.6 is 0 Å². The van der Waals surface area contributed by atoms with Gasteiger partial charge in [0.1, 0.15) is 11.7 Å². The molecular formula is C13H19N3O2. The van der Waals surface area contributed by atoms with Gasteiger partial charge in [0, 0.05) is 5.56 Å². The van der Waals surface area contributed by atoms with E-state index in [9.17, 15) is 4.79 Å². The van der Waals surface area contributed by atoms with Gasteiger partial charge in [-0.25, -0.2) is 0 Å². The molecule has 18 heavy (non-hydrogen) atoms.